The number of furan rings is 1. The van der Waals surface area contributed by atoms with Gasteiger partial charge in [-0.2, -0.15) is 0 Å². The zero-order chi connectivity index (χ0) is 52.2. The zero-order valence-corrected chi connectivity index (χ0v) is 43.5. The third-order valence-electron chi connectivity index (χ3n) is 15.9. The summed E-state index contributed by atoms with van der Waals surface area (Å²) in [6.45, 7) is 4.70. The Bertz CT molecular complexity index is 4210. The Labute approximate surface area is 456 Å². The number of hydrogen-bond donors (Lipinski definition) is 0. The van der Waals surface area contributed by atoms with Crippen LogP contribution in [0.1, 0.15) is 25.0 Å². The maximum Gasteiger partial charge on any atom is 0.143 e. The van der Waals surface area contributed by atoms with Crippen LogP contribution < -0.4 is 9.80 Å². The van der Waals surface area contributed by atoms with Gasteiger partial charge in [0, 0.05) is 61.4 Å². The molecule has 12 aromatic carbocycles. The Morgan fingerprint density at radius 3 is 1.09 bits per heavy atom. The summed E-state index contributed by atoms with van der Waals surface area (Å²) in [6.07, 6.45) is 0. The van der Waals surface area contributed by atoms with Crippen molar-refractivity contribution in [1.82, 2.24) is 0 Å². The van der Waals surface area contributed by atoms with Gasteiger partial charge in [-0.25, -0.2) is 0 Å². The summed E-state index contributed by atoms with van der Waals surface area (Å²) in [6, 6.07) is 105. The summed E-state index contributed by atoms with van der Waals surface area (Å²) in [7, 11) is 0. The predicted molar refractivity (Wildman–Crippen MR) is 328 cm³/mol. The summed E-state index contributed by atoms with van der Waals surface area (Å²) in [5, 5.41) is 2.19. The molecule has 0 fully saturated rings. The van der Waals surface area contributed by atoms with Gasteiger partial charge in [0.2, 0.25) is 0 Å². The van der Waals surface area contributed by atoms with E-state index >= 15 is 0 Å². The molecule has 0 bridgehead atoms. The van der Waals surface area contributed by atoms with Crippen molar-refractivity contribution in [2.75, 3.05) is 9.80 Å². The van der Waals surface area contributed by atoms with E-state index in [0.717, 1.165) is 78.3 Å². The summed E-state index contributed by atoms with van der Waals surface area (Å²) in [5.41, 5.74) is 24.9. The monoisotopic (exact) mass is 998 g/mol. The van der Waals surface area contributed by atoms with Gasteiger partial charge < -0.3 is 14.2 Å². The number of hydrogen-bond acceptors (Lipinski definition) is 3. The highest BCUT2D eigenvalue weighted by atomic mass is 16.3. The first-order chi connectivity index (χ1) is 38.4. The van der Waals surface area contributed by atoms with Crippen molar-refractivity contribution in [3.63, 3.8) is 0 Å². The van der Waals surface area contributed by atoms with Crippen LogP contribution in [0.25, 0.3) is 88.7 Å². The molecule has 0 radical (unpaired) electrons. The highest BCUT2D eigenvalue weighted by molar-refractivity contribution is 6.13. The molecular formula is C75H54N2O. The zero-order valence-electron chi connectivity index (χ0n) is 43.5. The first kappa shape index (κ1) is 46.6. The molecule has 1 aliphatic carbocycles. The third kappa shape index (κ3) is 8.25. The molecule has 370 valence electrons. The second kappa shape index (κ2) is 19.3. The smallest absolute Gasteiger partial charge is 0.143 e. The van der Waals surface area contributed by atoms with E-state index < -0.39 is 0 Å². The standard InChI is InChI=1S/C75H54N2O/c1-75(2)71-30-13-12-25-67(71)68-48-47-64(50-72(68)75)77(63-24-14-23-58(49-63)53-21-10-5-11-22-53)62-45-37-57(38-46-62)66-27-16-29-70-69-28-15-26-65(73(69)78-74(66)70)56-35-43-61(44-36-56)76(59-39-31-54(32-40-59)51-17-6-3-7-18-51)60-41-33-55(34-42-60)52-19-8-4-9-20-52/h3-50H,1-2H3. The average molecular weight is 999 g/mol. The second-order valence-corrected chi connectivity index (χ2v) is 20.9. The van der Waals surface area contributed by atoms with Crippen LogP contribution in [0.2, 0.25) is 0 Å². The number of para-hydroxylation sites is 2. The normalized spacial score (nSPS) is 12.3. The number of rotatable bonds is 11. The minimum Gasteiger partial charge on any atom is -0.455 e. The minimum atomic E-state index is -0.133. The molecule has 0 atom stereocenters. The lowest BCUT2D eigenvalue weighted by Gasteiger charge is -2.28. The molecule has 3 nitrogen and oxygen atoms in total. The van der Waals surface area contributed by atoms with Crippen LogP contribution >= 0.6 is 0 Å². The molecule has 1 heterocycles. The lowest BCUT2D eigenvalue weighted by Crippen LogP contribution is -2.16. The Balaban J connectivity index is 0.813. The number of benzene rings is 12. The Morgan fingerprint density at radius 2 is 0.590 bits per heavy atom. The van der Waals surface area contributed by atoms with Crippen LogP contribution in [-0.2, 0) is 5.41 Å². The van der Waals surface area contributed by atoms with Crippen LogP contribution in [0.15, 0.2) is 296 Å². The SMILES string of the molecule is CC1(C)c2ccccc2-c2ccc(N(c3ccc(-c4cccc5c4oc4c(-c6ccc(N(c7ccc(-c8ccccc8)cc7)c7ccc(-c8ccccc8)cc7)cc6)cccc45)cc3)c3cccc(-c4ccccc4)c3)cc21. The van der Waals surface area contributed by atoms with E-state index in [9.17, 15) is 0 Å². The molecule has 1 aromatic heterocycles. The van der Waals surface area contributed by atoms with Crippen molar-refractivity contribution in [2.45, 2.75) is 19.3 Å². The first-order valence-electron chi connectivity index (χ1n) is 26.9. The van der Waals surface area contributed by atoms with Gasteiger partial charge in [-0.3, -0.25) is 0 Å². The quantitative estimate of drug-likeness (QED) is 0.129. The van der Waals surface area contributed by atoms with Gasteiger partial charge in [0.25, 0.3) is 0 Å². The largest absolute Gasteiger partial charge is 0.455 e. The highest BCUT2D eigenvalue weighted by Crippen LogP contribution is 2.51. The van der Waals surface area contributed by atoms with E-state index in [-0.39, 0.29) is 5.41 Å². The van der Waals surface area contributed by atoms with E-state index in [1.807, 2.05) is 0 Å². The van der Waals surface area contributed by atoms with Crippen molar-refractivity contribution in [2.24, 2.45) is 0 Å². The Hall–Kier alpha value is -9.96. The first-order valence-corrected chi connectivity index (χ1v) is 26.9. The molecule has 1 aliphatic rings. The summed E-state index contributed by atoms with van der Waals surface area (Å²) < 4.78 is 7.07. The van der Waals surface area contributed by atoms with Gasteiger partial charge >= 0.3 is 0 Å². The molecule has 0 saturated carbocycles. The average Bonchev–Trinajstić information content (AvgIpc) is 4.22. The molecule has 0 spiro atoms. The maximum atomic E-state index is 7.07. The van der Waals surface area contributed by atoms with Crippen LogP contribution in [0.4, 0.5) is 34.1 Å². The van der Waals surface area contributed by atoms with Crippen LogP contribution in [0.3, 0.4) is 0 Å². The minimum absolute atomic E-state index is 0.133. The lowest BCUT2D eigenvalue weighted by atomic mass is 9.82. The van der Waals surface area contributed by atoms with Gasteiger partial charge in [-0.1, -0.05) is 232 Å². The molecule has 13 aromatic rings. The summed E-state index contributed by atoms with van der Waals surface area (Å²) in [4.78, 5) is 4.73. The molecular weight excluding hydrogens is 945 g/mol. The van der Waals surface area contributed by atoms with Crippen molar-refractivity contribution in [1.29, 1.82) is 0 Å². The number of fused-ring (bicyclic) bond motifs is 6. The van der Waals surface area contributed by atoms with Gasteiger partial charge in [0.1, 0.15) is 11.2 Å². The summed E-state index contributed by atoms with van der Waals surface area (Å²) >= 11 is 0. The fraction of sp³-hybridized carbons (Fsp3) is 0.0400. The van der Waals surface area contributed by atoms with Crippen molar-refractivity contribution < 1.29 is 4.42 Å². The van der Waals surface area contributed by atoms with Crippen LogP contribution in [0.5, 0.6) is 0 Å². The number of nitrogens with zero attached hydrogens (tertiary/aromatic N) is 2. The molecule has 3 heteroatoms. The van der Waals surface area contributed by atoms with Crippen molar-refractivity contribution in [3.8, 4) is 66.8 Å². The fourth-order valence-electron chi connectivity index (χ4n) is 11.9. The van der Waals surface area contributed by atoms with E-state index in [4.69, 9.17) is 4.42 Å². The van der Waals surface area contributed by atoms with Crippen molar-refractivity contribution >= 4 is 56.1 Å². The van der Waals surface area contributed by atoms with E-state index in [1.54, 1.807) is 0 Å². The molecule has 0 N–H and O–H groups in total. The molecule has 0 saturated heterocycles. The molecule has 14 rings (SSSR count). The Morgan fingerprint density at radius 1 is 0.244 bits per heavy atom. The number of anilines is 6. The molecule has 0 aliphatic heterocycles. The highest BCUT2D eigenvalue weighted by Gasteiger charge is 2.36. The van der Waals surface area contributed by atoms with Crippen molar-refractivity contribution in [3.05, 3.63) is 302 Å². The Kier molecular flexibility index (Phi) is 11.5. The topological polar surface area (TPSA) is 19.6 Å². The van der Waals surface area contributed by atoms with E-state index in [2.05, 4.69) is 315 Å². The predicted octanol–water partition coefficient (Wildman–Crippen LogP) is 21.2. The lowest BCUT2D eigenvalue weighted by molar-refractivity contribution is 0.660. The molecule has 0 amide bonds. The third-order valence-corrected chi connectivity index (χ3v) is 15.9. The second-order valence-electron chi connectivity index (χ2n) is 20.9. The van der Waals surface area contributed by atoms with E-state index in [0.29, 0.717) is 0 Å². The van der Waals surface area contributed by atoms with Crippen LogP contribution in [0, 0.1) is 0 Å². The van der Waals surface area contributed by atoms with Crippen LogP contribution in [-0.4, -0.2) is 0 Å². The van der Waals surface area contributed by atoms with E-state index in [1.165, 1.54) is 55.6 Å². The molecule has 0 unspecified atom stereocenters. The van der Waals surface area contributed by atoms with Gasteiger partial charge in [0.05, 0.1) is 0 Å². The molecule has 78 heavy (non-hydrogen) atoms. The van der Waals surface area contributed by atoms with Gasteiger partial charge in [-0.15, -0.1) is 0 Å². The summed E-state index contributed by atoms with van der Waals surface area (Å²) in [5.74, 6) is 0. The van der Waals surface area contributed by atoms with Gasteiger partial charge in [0.15, 0.2) is 0 Å². The van der Waals surface area contributed by atoms with Gasteiger partial charge in [-0.05, 0) is 140 Å². The fourth-order valence-corrected chi connectivity index (χ4v) is 11.9. The maximum absolute atomic E-state index is 7.07.